The first kappa shape index (κ1) is 8.41. The van der Waals surface area contributed by atoms with Gasteiger partial charge in [0.15, 0.2) is 0 Å². The van der Waals surface area contributed by atoms with E-state index in [4.69, 9.17) is 16.7 Å². The zero-order chi connectivity index (χ0) is 9.26. The van der Waals surface area contributed by atoms with E-state index in [-0.39, 0.29) is 6.61 Å². The van der Waals surface area contributed by atoms with Crippen LogP contribution >= 0.6 is 11.6 Å². The number of fused-ring (bicyclic) bond motifs is 1. The molecule has 2 rings (SSSR count). The van der Waals surface area contributed by atoms with Crippen molar-refractivity contribution in [2.75, 3.05) is 0 Å². The average molecular weight is 195 g/mol. The fourth-order valence-electron chi connectivity index (χ4n) is 1.14. The van der Waals surface area contributed by atoms with Gasteiger partial charge in [-0.25, -0.2) is 0 Å². The Balaban J connectivity index is 2.79. The number of rotatable bonds is 1. The summed E-state index contributed by atoms with van der Waals surface area (Å²) in [5, 5.41) is 9.41. The monoisotopic (exact) mass is 194 g/mol. The van der Waals surface area contributed by atoms with Gasteiger partial charge in [-0.1, -0.05) is 11.6 Å². The molecule has 0 spiro atoms. The zero-order valence-corrected chi connectivity index (χ0v) is 7.49. The van der Waals surface area contributed by atoms with Gasteiger partial charge in [0.1, 0.15) is 5.52 Å². The van der Waals surface area contributed by atoms with Crippen LogP contribution in [-0.2, 0) is 6.61 Å². The first-order chi connectivity index (χ1) is 6.33. The van der Waals surface area contributed by atoms with Crippen LogP contribution in [0.15, 0.2) is 24.5 Å². The van der Waals surface area contributed by atoms with Crippen molar-refractivity contribution in [3.8, 4) is 0 Å². The van der Waals surface area contributed by atoms with Crippen LogP contribution in [0.3, 0.4) is 0 Å². The molecule has 0 aliphatic rings. The Labute approximate surface area is 80.0 Å². The Bertz CT molecular complexity index is 445. The maximum atomic E-state index is 8.93. The first-order valence-electron chi connectivity index (χ1n) is 3.82. The van der Waals surface area contributed by atoms with Crippen LogP contribution in [0, 0.1) is 0 Å². The molecular formula is C9H7ClN2O. The molecule has 0 aliphatic heterocycles. The van der Waals surface area contributed by atoms with Gasteiger partial charge in [-0.3, -0.25) is 9.97 Å². The quantitative estimate of drug-likeness (QED) is 0.753. The summed E-state index contributed by atoms with van der Waals surface area (Å²) in [4.78, 5) is 8.19. The van der Waals surface area contributed by atoms with Crippen LogP contribution in [0.5, 0.6) is 0 Å². The fraction of sp³-hybridized carbons (Fsp3) is 0.111. The molecule has 66 valence electrons. The van der Waals surface area contributed by atoms with Crippen molar-refractivity contribution >= 4 is 22.6 Å². The van der Waals surface area contributed by atoms with Crippen molar-refractivity contribution in [1.29, 1.82) is 0 Å². The number of aromatic nitrogens is 2. The van der Waals surface area contributed by atoms with Gasteiger partial charge in [-0.15, -0.1) is 0 Å². The molecule has 3 nitrogen and oxygen atoms in total. The summed E-state index contributed by atoms with van der Waals surface area (Å²) in [5.74, 6) is 0. The Morgan fingerprint density at radius 2 is 2.23 bits per heavy atom. The summed E-state index contributed by atoms with van der Waals surface area (Å²) in [6.45, 7) is -0.113. The van der Waals surface area contributed by atoms with E-state index in [1.807, 2.05) is 6.07 Å². The third-order valence-electron chi connectivity index (χ3n) is 1.81. The lowest BCUT2D eigenvalue weighted by Gasteiger charge is -2.02. The maximum absolute atomic E-state index is 8.93. The van der Waals surface area contributed by atoms with Crippen molar-refractivity contribution < 1.29 is 5.11 Å². The molecule has 1 N–H and O–H groups in total. The second-order valence-corrected chi connectivity index (χ2v) is 3.00. The van der Waals surface area contributed by atoms with E-state index in [1.165, 1.54) is 0 Å². The summed E-state index contributed by atoms with van der Waals surface area (Å²) < 4.78 is 0. The minimum atomic E-state index is -0.113. The number of aliphatic hydroxyl groups is 1. The lowest BCUT2D eigenvalue weighted by molar-refractivity contribution is 0.281. The number of nitrogens with zero attached hydrogens (tertiary/aromatic N) is 2. The van der Waals surface area contributed by atoms with Crippen molar-refractivity contribution in [1.82, 2.24) is 9.97 Å². The molecule has 2 heterocycles. The third kappa shape index (κ3) is 1.36. The highest BCUT2D eigenvalue weighted by atomic mass is 35.5. The van der Waals surface area contributed by atoms with Crippen LogP contribution in [0.25, 0.3) is 11.0 Å². The molecule has 0 amide bonds. The molecule has 2 aromatic heterocycles. The SMILES string of the molecule is OCc1cnc2cccnc2c1Cl. The van der Waals surface area contributed by atoms with Gasteiger partial charge in [-0.05, 0) is 12.1 Å². The predicted molar refractivity (Wildman–Crippen MR) is 50.5 cm³/mol. The highest BCUT2D eigenvalue weighted by Gasteiger charge is 2.05. The normalized spacial score (nSPS) is 10.6. The Kier molecular flexibility index (Phi) is 2.12. The summed E-state index contributed by atoms with van der Waals surface area (Å²) in [5.41, 5.74) is 1.98. The number of hydrogen-bond donors (Lipinski definition) is 1. The third-order valence-corrected chi connectivity index (χ3v) is 2.23. The number of hydrogen-bond acceptors (Lipinski definition) is 3. The second kappa shape index (κ2) is 3.28. The zero-order valence-electron chi connectivity index (χ0n) is 6.74. The molecule has 0 saturated heterocycles. The average Bonchev–Trinajstić information content (AvgIpc) is 2.19. The second-order valence-electron chi connectivity index (χ2n) is 2.63. The molecule has 4 heteroatoms. The Hall–Kier alpha value is -1.19. The number of pyridine rings is 2. The fourth-order valence-corrected chi connectivity index (χ4v) is 1.39. The summed E-state index contributed by atoms with van der Waals surface area (Å²) in [6, 6.07) is 3.62. The Morgan fingerprint density at radius 3 is 3.00 bits per heavy atom. The van der Waals surface area contributed by atoms with E-state index in [1.54, 1.807) is 18.5 Å². The minimum absolute atomic E-state index is 0.113. The van der Waals surface area contributed by atoms with Crippen LogP contribution in [0.2, 0.25) is 5.02 Å². The molecule has 0 fully saturated rings. The van der Waals surface area contributed by atoms with Crippen molar-refractivity contribution in [3.63, 3.8) is 0 Å². The molecule has 2 aromatic rings. The van der Waals surface area contributed by atoms with Gasteiger partial charge >= 0.3 is 0 Å². The Morgan fingerprint density at radius 1 is 1.38 bits per heavy atom. The van der Waals surface area contributed by atoms with E-state index >= 15 is 0 Å². The van der Waals surface area contributed by atoms with Gasteiger partial charge in [-0.2, -0.15) is 0 Å². The molecule has 0 aromatic carbocycles. The summed E-state index contributed by atoms with van der Waals surface area (Å²) >= 11 is 5.98. The molecule has 0 radical (unpaired) electrons. The highest BCUT2D eigenvalue weighted by Crippen LogP contribution is 2.23. The minimum Gasteiger partial charge on any atom is -0.392 e. The maximum Gasteiger partial charge on any atom is 0.108 e. The van der Waals surface area contributed by atoms with Gasteiger partial charge in [0.2, 0.25) is 0 Å². The van der Waals surface area contributed by atoms with Crippen molar-refractivity contribution in [2.45, 2.75) is 6.61 Å². The van der Waals surface area contributed by atoms with Gasteiger partial charge in [0, 0.05) is 18.0 Å². The van der Waals surface area contributed by atoms with E-state index in [0.717, 1.165) is 5.52 Å². The highest BCUT2D eigenvalue weighted by molar-refractivity contribution is 6.35. The lowest BCUT2D eigenvalue weighted by Crippen LogP contribution is -1.90. The van der Waals surface area contributed by atoms with Gasteiger partial charge < -0.3 is 5.11 Å². The first-order valence-corrected chi connectivity index (χ1v) is 4.19. The lowest BCUT2D eigenvalue weighted by atomic mass is 10.2. The van der Waals surface area contributed by atoms with E-state index in [2.05, 4.69) is 9.97 Å². The van der Waals surface area contributed by atoms with Gasteiger partial charge in [0.25, 0.3) is 0 Å². The van der Waals surface area contributed by atoms with Gasteiger partial charge in [0.05, 0.1) is 17.1 Å². The van der Waals surface area contributed by atoms with Crippen molar-refractivity contribution in [3.05, 3.63) is 35.1 Å². The standard InChI is InChI=1S/C9H7ClN2O/c10-8-6(5-13)4-12-7-2-1-3-11-9(7)8/h1-4,13H,5H2. The van der Waals surface area contributed by atoms with E-state index < -0.39 is 0 Å². The largest absolute Gasteiger partial charge is 0.392 e. The van der Waals surface area contributed by atoms with E-state index in [9.17, 15) is 0 Å². The van der Waals surface area contributed by atoms with Crippen molar-refractivity contribution in [2.24, 2.45) is 0 Å². The summed E-state index contributed by atoms with van der Waals surface area (Å²) in [6.07, 6.45) is 3.21. The van der Waals surface area contributed by atoms with Crippen LogP contribution < -0.4 is 0 Å². The topological polar surface area (TPSA) is 46.0 Å². The molecule has 0 aliphatic carbocycles. The molecule has 0 unspecified atom stereocenters. The molecule has 0 saturated carbocycles. The summed E-state index contributed by atoms with van der Waals surface area (Å²) in [7, 11) is 0. The predicted octanol–water partition coefficient (Wildman–Crippen LogP) is 1.78. The molecule has 13 heavy (non-hydrogen) atoms. The number of halogens is 1. The van der Waals surface area contributed by atoms with Crippen LogP contribution in [-0.4, -0.2) is 15.1 Å². The molecule has 0 bridgehead atoms. The molecule has 0 atom stereocenters. The molecular weight excluding hydrogens is 188 g/mol. The number of aliphatic hydroxyl groups excluding tert-OH is 1. The van der Waals surface area contributed by atoms with E-state index in [0.29, 0.717) is 16.1 Å². The van der Waals surface area contributed by atoms with Crippen LogP contribution in [0.4, 0.5) is 0 Å². The van der Waals surface area contributed by atoms with Crippen LogP contribution in [0.1, 0.15) is 5.56 Å². The smallest absolute Gasteiger partial charge is 0.108 e.